The van der Waals surface area contributed by atoms with E-state index in [1.54, 1.807) is 18.6 Å². The van der Waals surface area contributed by atoms with E-state index >= 15 is 0 Å². The second kappa shape index (κ2) is 6.17. The fourth-order valence-corrected chi connectivity index (χ4v) is 4.70. The molecule has 1 saturated heterocycles. The van der Waals surface area contributed by atoms with E-state index in [0.717, 1.165) is 56.5 Å². The van der Waals surface area contributed by atoms with E-state index < -0.39 is 0 Å². The van der Waals surface area contributed by atoms with Crippen molar-refractivity contribution in [3.05, 3.63) is 35.8 Å². The van der Waals surface area contributed by atoms with Gasteiger partial charge in [0.15, 0.2) is 0 Å². The van der Waals surface area contributed by atoms with Gasteiger partial charge < -0.3 is 15.1 Å². The molecular formula is C20H23N7. The van der Waals surface area contributed by atoms with Gasteiger partial charge in [-0.25, -0.2) is 15.0 Å². The van der Waals surface area contributed by atoms with Crippen LogP contribution in [0.2, 0.25) is 0 Å². The minimum atomic E-state index is 0.115. The second-order valence-corrected chi connectivity index (χ2v) is 7.93. The summed E-state index contributed by atoms with van der Waals surface area (Å²) >= 11 is 0. The Hall–Kier alpha value is -2.72. The van der Waals surface area contributed by atoms with Gasteiger partial charge in [0.2, 0.25) is 0 Å². The van der Waals surface area contributed by atoms with Crippen molar-refractivity contribution in [2.45, 2.75) is 37.6 Å². The highest BCUT2D eigenvalue weighted by Crippen LogP contribution is 2.56. The van der Waals surface area contributed by atoms with Gasteiger partial charge in [0.25, 0.3) is 0 Å². The molecule has 2 aromatic rings. The molecule has 1 atom stereocenters. The highest BCUT2D eigenvalue weighted by atomic mass is 15.3. The van der Waals surface area contributed by atoms with Gasteiger partial charge in [0.1, 0.15) is 23.8 Å². The van der Waals surface area contributed by atoms with Crippen molar-refractivity contribution in [1.82, 2.24) is 20.3 Å². The molecule has 2 aliphatic heterocycles. The standard InChI is InChI=1S/C20H23N7/c1-14-11-26(8-7-22-14)18-17-19(25-13-24-18)27(12-20(17)4-2-5-20)16-9-15(10-21)3-6-23-16/h3,6,9,13-14,22H,2,4-5,7-8,11-12H2,1H3/t14-/m1/s1. The number of anilines is 3. The number of hydrogen-bond acceptors (Lipinski definition) is 7. The molecule has 0 bridgehead atoms. The van der Waals surface area contributed by atoms with Crippen LogP contribution in [0.15, 0.2) is 24.7 Å². The van der Waals surface area contributed by atoms with Crippen molar-refractivity contribution in [2.24, 2.45) is 0 Å². The van der Waals surface area contributed by atoms with Gasteiger partial charge in [-0.15, -0.1) is 0 Å². The third-order valence-corrected chi connectivity index (χ3v) is 6.18. The minimum Gasteiger partial charge on any atom is -0.353 e. The highest BCUT2D eigenvalue weighted by Gasteiger charge is 2.51. The van der Waals surface area contributed by atoms with E-state index in [-0.39, 0.29) is 5.41 Å². The highest BCUT2D eigenvalue weighted by molar-refractivity contribution is 5.74. The normalized spacial score (nSPS) is 23.0. The Balaban J connectivity index is 1.61. The van der Waals surface area contributed by atoms with Crippen LogP contribution in [0, 0.1) is 11.3 Å². The number of pyridine rings is 1. The first-order valence-electron chi connectivity index (χ1n) is 9.68. The Morgan fingerprint density at radius 2 is 2.11 bits per heavy atom. The predicted octanol–water partition coefficient (Wildman–Crippen LogP) is 2.11. The molecule has 7 heteroatoms. The minimum absolute atomic E-state index is 0.115. The molecular weight excluding hydrogens is 338 g/mol. The smallest absolute Gasteiger partial charge is 0.143 e. The molecule has 27 heavy (non-hydrogen) atoms. The third-order valence-electron chi connectivity index (χ3n) is 6.18. The van der Waals surface area contributed by atoms with E-state index in [1.165, 1.54) is 12.0 Å². The topological polar surface area (TPSA) is 81.0 Å². The first-order chi connectivity index (χ1) is 13.2. The quantitative estimate of drug-likeness (QED) is 0.877. The summed E-state index contributed by atoms with van der Waals surface area (Å²) in [6.07, 6.45) is 6.96. The summed E-state index contributed by atoms with van der Waals surface area (Å²) in [6, 6.07) is 6.27. The largest absolute Gasteiger partial charge is 0.353 e. The third kappa shape index (κ3) is 2.55. The SMILES string of the molecule is C[C@@H]1CN(c2ncnc3c2C2(CCC2)CN3c2cc(C#N)ccn2)CCN1. The molecule has 0 aromatic carbocycles. The first-order valence-corrected chi connectivity index (χ1v) is 9.68. The monoisotopic (exact) mass is 361 g/mol. The van der Waals surface area contributed by atoms with E-state index in [1.807, 2.05) is 6.07 Å². The van der Waals surface area contributed by atoms with Crippen LogP contribution in [0.3, 0.4) is 0 Å². The van der Waals surface area contributed by atoms with Gasteiger partial charge >= 0.3 is 0 Å². The first kappa shape index (κ1) is 16.5. The van der Waals surface area contributed by atoms with Gasteiger partial charge in [0, 0.05) is 49.4 Å². The molecule has 2 fully saturated rings. The van der Waals surface area contributed by atoms with Crippen molar-refractivity contribution in [3.8, 4) is 6.07 Å². The van der Waals surface area contributed by atoms with Crippen molar-refractivity contribution < 1.29 is 0 Å². The lowest BCUT2D eigenvalue weighted by Gasteiger charge is -2.41. The second-order valence-electron chi connectivity index (χ2n) is 7.93. The zero-order valence-corrected chi connectivity index (χ0v) is 15.5. The summed E-state index contributed by atoms with van der Waals surface area (Å²) < 4.78 is 0. The number of aromatic nitrogens is 3. The van der Waals surface area contributed by atoms with Gasteiger partial charge in [-0.1, -0.05) is 6.42 Å². The Labute approximate surface area is 159 Å². The van der Waals surface area contributed by atoms with Crippen LogP contribution in [0.4, 0.5) is 17.5 Å². The molecule has 0 amide bonds. The molecule has 4 heterocycles. The maximum absolute atomic E-state index is 9.26. The van der Waals surface area contributed by atoms with Crippen LogP contribution < -0.4 is 15.1 Å². The molecule has 1 N–H and O–H groups in total. The summed E-state index contributed by atoms with van der Waals surface area (Å²) in [5.74, 6) is 2.86. The van der Waals surface area contributed by atoms with Crippen LogP contribution in [-0.2, 0) is 5.41 Å². The fourth-order valence-electron chi connectivity index (χ4n) is 4.70. The van der Waals surface area contributed by atoms with Crippen molar-refractivity contribution >= 4 is 17.5 Å². The maximum atomic E-state index is 9.26. The number of fused-ring (bicyclic) bond motifs is 2. The van der Waals surface area contributed by atoms with Crippen molar-refractivity contribution in [3.63, 3.8) is 0 Å². The fraction of sp³-hybridized carbons (Fsp3) is 0.500. The molecule has 1 aliphatic carbocycles. The maximum Gasteiger partial charge on any atom is 0.143 e. The zero-order chi connectivity index (χ0) is 18.4. The average molecular weight is 361 g/mol. The van der Waals surface area contributed by atoms with E-state index in [2.05, 4.69) is 38.1 Å². The Bertz CT molecular complexity index is 915. The summed E-state index contributed by atoms with van der Waals surface area (Å²) in [4.78, 5) is 18.5. The summed E-state index contributed by atoms with van der Waals surface area (Å²) in [7, 11) is 0. The molecule has 1 saturated carbocycles. The van der Waals surface area contributed by atoms with Gasteiger partial charge in [-0.3, -0.25) is 0 Å². The lowest BCUT2D eigenvalue weighted by atomic mass is 9.66. The lowest BCUT2D eigenvalue weighted by Crippen LogP contribution is -2.50. The van der Waals surface area contributed by atoms with Gasteiger partial charge in [-0.05, 0) is 31.9 Å². The summed E-state index contributed by atoms with van der Waals surface area (Å²) in [5.41, 5.74) is 2.03. The summed E-state index contributed by atoms with van der Waals surface area (Å²) in [5, 5.41) is 12.8. The lowest BCUT2D eigenvalue weighted by molar-refractivity contribution is 0.266. The number of nitrogens with one attached hydrogen (secondary N) is 1. The number of hydrogen-bond donors (Lipinski definition) is 1. The number of rotatable bonds is 2. The molecule has 5 rings (SSSR count). The zero-order valence-electron chi connectivity index (χ0n) is 15.5. The number of piperazine rings is 1. The van der Waals surface area contributed by atoms with E-state index in [9.17, 15) is 5.26 Å². The van der Waals surface area contributed by atoms with Gasteiger partial charge in [0.05, 0.1) is 11.6 Å². The molecule has 0 radical (unpaired) electrons. The Morgan fingerprint density at radius 1 is 1.26 bits per heavy atom. The van der Waals surface area contributed by atoms with Crippen molar-refractivity contribution in [2.75, 3.05) is 36.0 Å². The van der Waals surface area contributed by atoms with Crippen molar-refractivity contribution in [1.29, 1.82) is 5.26 Å². The van der Waals surface area contributed by atoms with Gasteiger partial charge in [-0.2, -0.15) is 5.26 Å². The van der Waals surface area contributed by atoms with E-state index in [0.29, 0.717) is 11.6 Å². The van der Waals surface area contributed by atoms with E-state index in [4.69, 9.17) is 4.98 Å². The molecule has 7 nitrogen and oxygen atoms in total. The number of nitrogens with zero attached hydrogens (tertiary/aromatic N) is 6. The predicted molar refractivity (Wildman–Crippen MR) is 103 cm³/mol. The molecule has 3 aliphatic rings. The Morgan fingerprint density at radius 3 is 2.85 bits per heavy atom. The van der Waals surface area contributed by atoms with Crippen LogP contribution in [0.1, 0.15) is 37.3 Å². The van der Waals surface area contributed by atoms with Crippen LogP contribution >= 0.6 is 0 Å². The molecule has 0 unspecified atom stereocenters. The summed E-state index contributed by atoms with van der Waals surface area (Å²) in [6.45, 7) is 5.99. The van der Waals surface area contributed by atoms with Crippen LogP contribution in [0.25, 0.3) is 0 Å². The molecule has 2 aromatic heterocycles. The molecule has 138 valence electrons. The van der Waals surface area contributed by atoms with Crippen LogP contribution in [0.5, 0.6) is 0 Å². The number of nitriles is 1. The van der Waals surface area contributed by atoms with Crippen LogP contribution in [-0.4, -0.2) is 47.2 Å². The average Bonchev–Trinajstić information content (AvgIpc) is 3.04. The Kier molecular flexibility index (Phi) is 3.76. The molecule has 1 spiro atoms.